The molecule has 1 aromatic carbocycles. The van der Waals surface area contributed by atoms with E-state index in [1.165, 1.54) is 0 Å². The number of carbonyl (C=O) groups excluding carboxylic acids is 1. The van der Waals surface area contributed by atoms with Crippen molar-refractivity contribution in [1.82, 2.24) is 14.7 Å². The van der Waals surface area contributed by atoms with Gasteiger partial charge in [-0.25, -0.2) is 0 Å². The van der Waals surface area contributed by atoms with E-state index in [0.29, 0.717) is 18.1 Å². The van der Waals surface area contributed by atoms with Gasteiger partial charge in [-0.15, -0.1) is 0 Å². The fourth-order valence-electron chi connectivity index (χ4n) is 3.00. The topological polar surface area (TPSA) is 56.6 Å². The molecule has 2 aromatic rings. The van der Waals surface area contributed by atoms with E-state index < -0.39 is 0 Å². The van der Waals surface area contributed by atoms with E-state index in [-0.39, 0.29) is 5.91 Å². The Kier molecular flexibility index (Phi) is 5.03. The van der Waals surface area contributed by atoms with Crippen molar-refractivity contribution in [2.24, 2.45) is 13.0 Å². The summed E-state index contributed by atoms with van der Waals surface area (Å²) in [6.07, 6.45) is 5.45. The number of amides is 1. The van der Waals surface area contributed by atoms with E-state index in [0.717, 1.165) is 37.4 Å². The summed E-state index contributed by atoms with van der Waals surface area (Å²) in [5.74, 6) is 1.97. The summed E-state index contributed by atoms with van der Waals surface area (Å²) in [6, 6.07) is 7.60. The maximum absolute atomic E-state index is 12.5. The van der Waals surface area contributed by atoms with Gasteiger partial charge in [0.15, 0.2) is 0 Å². The van der Waals surface area contributed by atoms with Crippen LogP contribution in [0.5, 0.6) is 11.5 Å². The van der Waals surface area contributed by atoms with Crippen LogP contribution in [0.2, 0.25) is 0 Å². The first-order valence-electron chi connectivity index (χ1n) is 8.20. The standard InChI is InChI=1S/C18H23N3O3/c1-20-12-15(10-19-20)18(22)21-8-4-5-14(11-21)13-24-17-7-3-6-16(9-17)23-2/h3,6-7,9-10,12,14H,4-5,8,11,13H2,1-2H3/t14-/m0/s1. The average Bonchev–Trinajstić information content (AvgIpc) is 3.06. The molecule has 0 spiro atoms. The Morgan fingerprint density at radius 3 is 2.96 bits per heavy atom. The lowest BCUT2D eigenvalue weighted by Crippen LogP contribution is -2.41. The Balaban J connectivity index is 1.56. The van der Waals surface area contributed by atoms with Crippen LogP contribution < -0.4 is 9.47 Å². The van der Waals surface area contributed by atoms with Crippen molar-refractivity contribution >= 4 is 5.91 Å². The van der Waals surface area contributed by atoms with Gasteiger partial charge in [0, 0.05) is 38.3 Å². The molecule has 0 N–H and O–H groups in total. The smallest absolute Gasteiger partial charge is 0.257 e. The maximum Gasteiger partial charge on any atom is 0.257 e. The number of ether oxygens (including phenoxy) is 2. The second-order valence-electron chi connectivity index (χ2n) is 6.15. The minimum absolute atomic E-state index is 0.0502. The van der Waals surface area contributed by atoms with Crippen LogP contribution in [0.1, 0.15) is 23.2 Å². The molecule has 0 aliphatic carbocycles. The zero-order valence-electron chi connectivity index (χ0n) is 14.1. The van der Waals surface area contributed by atoms with Crippen LogP contribution in [0.4, 0.5) is 0 Å². The van der Waals surface area contributed by atoms with E-state index in [9.17, 15) is 4.79 Å². The average molecular weight is 329 g/mol. The van der Waals surface area contributed by atoms with Gasteiger partial charge in [0.05, 0.1) is 25.5 Å². The third kappa shape index (κ3) is 3.88. The van der Waals surface area contributed by atoms with Crippen LogP contribution in [-0.2, 0) is 7.05 Å². The van der Waals surface area contributed by atoms with E-state index in [1.807, 2.05) is 36.2 Å². The highest BCUT2D eigenvalue weighted by molar-refractivity contribution is 5.93. The second-order valence-corrected chi connectivity index (χ2v) is 6.15. The number of nitrogens with zero attached hydrogens (tertiary/aromatic N) is 3. The highest BCUT2D eigenvalue weighted by Crippen LogP contribution is 2.22. The van der Waals surface area contributed by atoms with E-state index in [1.54, 1.807) is 24.2 Å². The van der Waals surface area contributed by atoms with E-state index in [4.69, 9.17) is 9.47 Å². The van der Waals surface area contributed by atoms with E-state index in [2.05, 4.69) is 5.10 Å². The number of methoxy groups -OCH3 is 1. The molecule has 3 rings (SSSR count). The number of likely N-dealkylation sites (tertiary alicyclic amines) is 1. The zero-order valence-corrected chi connectivity index (χ0v) is 14.1. The summed E-state index contributed by atoms with van der Waals surface area (Å²) in [4.78, 5) is 14.4. The molecule has 0 saturated carbocycles. The van der Waals surface area contributed by atoms with Crippen molar-refractivity contribution in [3.63, 3.8) is 0 Å². The fraction of sp³-hybridized carbons (Fsp3) is 0.444. The largest absolute Gasteiger partial charge is 0.497 e. The molecule has 0 bridgehead atoms. The molecule has 1 saturated heterocycles. The maximum atomic E-state index is 12.5. The Labute approximate surface area is 142 Å². The van der Waals surface area contributed by atoms with Gasteiger partial charge in [-0.05, 0) is 25.0 Å². The van der Waals surface area contributed by atoms with Gasteiger partial charge in [0.1, 0.15) is 11.5 Å². The SMILES string of the molecule is COc1cccc(OC[C@H]2CCCN(C(=O)c3cnn(C)c3)C2)c1. The number of benzene rings is 1. The summed E-state index contributed by atoms with van der Waals surface area (Å²) in [7, 11) is 3.46. The van der Waals surface area contributed by atoms with Crippen LogP contribution in [0.3, 0.4) is 0 Å². The number of hydrogen-bond acceptors (Lipinski definition) is 4. The lowest BCUT2D eigenvalue weighted by Gasteiger charge is -2.32. The van der Waals surface area contributed by atoms with Crippen molar-refractivity contribution in [2.45, 2.75) is 12.8 Å². The van der Waals surface area contributed by atoms with Crippen molar-refractivity contribution in [3.05, 3.63) is 42.2 Å². The fourth-order valence-corrected chi connectivity index (χ4v) is 3.00. The molecule has 1 aromatic heterocycles. The molecule has 1 fully saturated rings. The van der Waals surface area contributed by atoms with Gasteiger partial charge in [0.2, 0.25) is 0 Å². The number of rotatable bonds is 5. The number of aromatic nitrogens is 2. The number of carbonyl (C=O) groups is 1. The third-order valence-electron chi connectivity index (χ3n) is 4.28. The van der Waals surface area contributed by atoms with Crippen molar-refractivity contribution in [3.8, 4) is 11.5 Å². The van der Waals surface area contributed by atoms with Crippen molar-refractivity contribution < 1.29 is 14.3 Å². The first-order chi connectivity index (χ1) is 11.7. The summed E-state index contributed by atoms with van der Waals surface area (Å²) < 4.78 is 12.8. The lowest BCUT2D eigenvalue weighted by molar-refractivity contribution is 0.0633. The number of aryl methyl sites for hydroxylation is 1. The zero-order chi connectivity index (χ0) is 16.9. The molecule has 24 heavy (non-hydrogen) atoms. The van der Waals surface area contributed by atoms with Crippen LogP contribution in [0, 0.1) is 5.92 Å². The molecular formula is C18H23N3O3. The Morgan fingerprint density at radius 2 is 2.21 bits per heavy atom. The minimum atomic E-state index is 0.0502. The summed E-state index contributed by atoms with van der Waals surface area (Å²) in [5, 5.41) is 4.08. The summed E-state index contributed by atoms with van der Waals surface area (Å²) >= 11 is 0. The van der Waals surface area contributed by atoms with Crippen LogP contribution >= 0.6 is 0 Å². The summed E-state index contributed by atoms with van der Waals surface area (Å²) in [6.45, 7) is 2.12. The molecule has 0 unspecified atom stereocenters. The monoisotopic (exact) mass is 329 g/mol. The number of piperidine rings is 1. The third-order valence-corrected chi connectivity index (χ3v) is 4.28. The molecule has 1 atom stereocenters. The van der Waals surface area contributed by atoms with Gasteiger partial charge >= 0.3 is 0 Å². The van der Waals surface area contributed by atoms with Crippen molar-refractivity contribution in [1.29, 1.82) is 0 Å². The van der Waals surface area contributed by atoms with Gasteiger partial charge in [-0.1, -0.05) is 6.07 Å². The lowest BCUT2D eigenvalue weighted by atomic mass is 9.98. The minimum Gasteiger partial charge on any atom is -0.497 e. The molecule has 128 valence electrons. The highest BCUT2D eigenvalue weighted by Gasteiger charge is 2.25. The second kappa shape index (κ2) is 7.38. The predicted octanol–water partition coefficient (Wildman–Crippen LogP) is 2.36. The molecule has 1 amide bonds. The number of hydrogen-bond donors (Lipinski definition) is 0. The van der Waals surface area contributed by atoms with Crippen LogP contribution in [-0.4, -0.2) is 47.4 Å². The normalized spacial score (nSPS) is 17.6. The Bertz CT molecular complexity index is 698. The first kappa shape index (κ1) is 16.4. The van der Waals surface area contributed by atoms with Gasteiger partial charge in [-0.2, -0.15) is 5.10 Å². The molecule has 2 heterocycles. The van der Waals surface area contributed by atoms with Crippen molar-refractivity contribution in [2.75, 3.05) is 26.8 Å². The van der Waals surface area contributed by atoms with Gasteiger partial charge in [0.25, 0.3) is 5.91 Å². The molecule has 1 aliphatic heterocycles. The van der Waals surface area contributed by atoms with Gasteiger partial charge in [-0.3, -0.25) is 9.48 Å². The molecule has 6 nitrogen and oxygen atoms in total. The Hall–Kier alpha value is -2.50. The molecule has 6 heteroatoms. The quantitative estimate of drug-likeness (QED) is 0.845. The summed E-state index contributed by atoms with van der Waals surface area (Å²) in [5.41, 5.74) is 0.645. The van der Waals surface area contributed by atoms with E-state index >= 15 is 0 Å². The Morgan fingerprint density at radius 1 is 1.38 bits per heavy atom. The van der Waals surface area contributed by atoms with Gasteiger partial charge < -0.3 is 14.4 Å². The molecule has 1 aliphatic rings. The highest BCUT2D eigenvalue weighted by atomic mass is 16.5. The van der Waals surface area contributed by atoms with Crippen LogP contribution in [0.15, 0.2) is 36.7 Å². The van der Waals surface area contributed by atoms with Crippen LogP contribution in [0.25, 0.3) is 0 Å². The molecular weight excluding hydrogens is 306 g/mol. The first-order valence-corrected chi connectivity index (χ1v) is 8.20. The molecule has 0 radical (unpaired) electrons. The predicted molar refractivity (Wildman–Crippen MR) is 90.3 cm³/mol.